The molecule has 3 atom stereocenters. The summed E-state index contributed by atoms with van der Waals surface area (Å²) in [6, 6.07) is -0.0749. The zero-order chi connectivity index (χ0) is 15.6. The Labute approximate surface area is 129 Å². The molecule has 2 fully saturated rings. The van der Waals surface area contributed by atoms with E-state index < -0.39 is 10.2 Å². The molecule has 2 aliphatic rings. The lowest BCUT2D eigenvalue weighted by Crippen LogP contribution is -2.55. The molecule has 6 heteroatoms. The van der Waals surface area contributed by atoms with E-state index in [1.807, 2.05) is 13.8 Å². The van der Waals surface area contributed by atoms with Gasteiger partial charge in [0.1, 0.15) is 0 Å². The second kappa shape index (κ2) is 6.94. The molecular formula is C15H30N2O3S. The van der Waals surface area contributed by atoms with Crippen LogP contribution in [0, 0.1) is 5.92 Å². The summed E-state index contributed by atoms with van der Waals surface area (Å²) in [5.74, 6) is 0.106. The van der Waals surface area contributed by atoms with E-state index in [1.54, 1.807) is 11.4 Å². The van der Waals surface area contributed by atoms with Crippen LogP contribution in [-0.4, -0.2) is 53.9 Å². The highest BCUT2D eigenvalue weighted by Gasteiger charge is 2.42. The number of piperidine rings is 1. The summed E-state index contributed by atoms with van der Waals surface area (Å²) in [5.41, 5.74) is 0. The Morgan fingerprint density at radius 3 is 2.33 bits per heavy atom. The van der Waals surface area contributed by atoms with E-state index in [2.05, 4.69) is 0 Å². The van der Waals surface area contributed by atoms with Gasteiger partial charge in [0.15, 0.2) is 0 Å². The molecule has 0 aromatic carbocycles. The molecule has 1 saturated carbocycles. The van der Waals surface area contributed by atoms with Gasteiger partial charge in [-0.2, -0.15) is 17.0 Å². The molecule has 1 N–H and O–H groups in total. The molecule has 0 aromatic rings. The number of aliphatic hydroxyl groups excluding tert-OH is 1. The Balaban J connectivity index is 2.22. The minimum atomic E-state index is -3.43. The van der Waals surface area contributed by atoms with Crippen LogP contribution in [0.5, 0.6) is 0 Å². The summed E-state index contributed by atoms with van der Waals surface area (Å²) in [4.78, 5) is 0. The average Bonchev–Trinajstić information content (AvgIpc) is 2.47. The normalized spacial score (nSPS) is 32.8. The molecule has 3 unspecified atom stereocenters. The SMILES string of the molecule is CC(C)N(C)S(=O)(=O)N1CCCCC1C1CCCCC1O. The Hall–Kier alpha value is -0.170. The van der Waals surface area contributed by atoms with Gasteiger partial charge in [-0.15, -0.1) is 0 Å². The van der Waals surface area contributed by atoms with E-state index in [1.165, 1.54) is 4.31 Å². The number of aliphatic hydroxyl groups is 1. The molecule has 0 aromatic heterocycles. The summed E-state index contributed by atoms with van der Waals surface area (Å²) in [5, 5.41) is 10.3. The maximum absolute atomic E-state index is 12.9. The highest BCUT2D eigenvalue weighted by Crippen LogP contribution is 2.35. The van der Waals surface area contributed by atoms with Gasteiger partial charge in [-0.3, -0.25) is 0 Å². The van der Waals surface area contributed by atoms with E-state index in [0.717, 1.165) is 44.9 Å². The van der Waals surface area contributed by atoms with Crippen LogP contribution in [0.2, 0.25) is 0 Å². The van der Waals surface area contributed by atoms with E-state index in [0.29, 0.717) is 6.54 Å². The lowest BCUT2D eigenvalue weighted by molar-refractivity contribution is 0.0188. The van der Waals surface area contributed by atoms with Gasteiger partial charge >= 0.3 is 0 Å². The number of nitrogens with zero attached hydrogens (tertiary/aromatic N) is 2. The van der Waals surface area contributed by atoms with Crippen molar-refractivity contribution in [2.45, 2.75) is 77.0 Å². The van der Waals surface area contributed by atoms with Gasteiger partial charge in [-0.25, -0.2) is 0 Å². The minimum absolute atomic E-state index is 0.0275. The minimum Gasteiger partial charge on any atom is -0.393 e. The Kier molecular flexibility index (Phi) is 5.68. The lowest BCUT2D eigenvalue weighted by atomic mass is 9.79. The fourth-order valence-electron chi connectivity index (χ4n) is 3.67. The molecule has 2 rings (SSSR count). The van der Waals surface area contributed by atoms with E-state index >= 15 is 0 Å². The van der Waals surface area contributed by atoms with Crippen LogP contribution >= 0.6 is 0 Å². The van der Waals surface area contributed by atoms with Crippen LogP contribution in [0.25, 0.3) is 0 Å². The van der Waals surface area contributed by atoms with Crippen LogP contribution in [0.3, 0.4) is 0 Å². The standard InChI is InChI=1S/C15H30N2O3S/c1-12(2)16(3)21(19,20)17-11-7-6-9-14(17)13-8-4-5-10-15(13)18/h12-15,18H,4-11H2,1-3H3. The Morgan fingerprint density at radius 1 is 1.10 bits per heavy atom. The molecule has 124 valence electrons. The van der Waals surface area contributed by atoms with Crippen LogP contribution in [0.1, 0.15) is 58.8 Å². The molecule has 1 aliphatic heterocycles. The van der Waals surface area contributed by atoms with Gasteiger partial charge in [0.2, 0.25) is 0 Å². The van der Waals surface area contributed by atoms with Crippen molar-refractivity contribution >= 4 is 10.2 Å². The largest absolute Gasteiger partial charge is 0.393 e. The molecular weight excluding hydrogens is 288 g/mol. The van der Waals surface area contributed by atoms with Crippen LogP contribution in [-0.2, 0) is 10.2 Å². The average molecular weight is 318 g/mol. The Bertz CT molecular complexity index is 438. The van der Waals surface area contributed by atoms with Gasteiger partial charge in [0.25, 0.3) is 10.2 Å². The third-order valence-electron chi connectivity index (χ3n) is 5.16. The molecule has 0 amide bonds. The van der Waals surface area contributed by atoms with Crippen molar-refractivity contribution in [3.63, 3.8) is 0 Å². The lowest BCUT2D eigenvalue weighted by Gasteiger charge is -2.44. The first-order valence-electron chi connectivity index (χ1n) is 8.28. The molecule has 0 radical (unpaired) electrons. The van der Waals surface area contributed by atoms with Crippen molar-refractivity contribution in [2.24, 2.45) is 5.92 Å². The van der Waals surface area contributed by atoms with Gasteiger partial charge in [0, 0.05) is 31.6 Å². The number of hydrogen-bond acceptors (Lipinski definition) is 3. The molecule has 0 spiro atoms. The molecule has 5 nitrogen and oxygen atoms in total. The topological polar surface area (TPSA) is 60.9 Å². The molecule has 1 aliphatic carbocycles. The maximum atomic E-state index is 12.9. The van der Waals surface area contributed by atoms with Gasteiger partial charge in [0.05, 0.1) is 6.10 Å². The summed E-state index contributed by atoms with van der Waals surface area (Å²) >= 11 is 0. The number of hydrogen-bond donors (Lipinski definition) is 1. The fraction of sp³-hybridized carbons (Fsp3) is 1.00. The molecule has 21 heavy (non-hydrogen) atoms. The highest BCUT2D eigenvalue weighted by molar-refractivity contribution is 7.86. The first-order valence-corrected chi connectivity index (χ1v) is 9.68. The highest BCUT2D eigenvalue weighted by atomic mass is 32.2. The van der Waals surface area contributed by atoms with E-state index in [4.69, 9.17) is 0 Å². The second-order valence-corrected chi connectivity index (χ2v) is 8.75. The van der Waals surface area contributed by atoms with Crippen molar-refractivity contribution in [3.8, 4) is 0 Å². The maximum Gasteiger partial charge on any atom is 0.282 e. The first-order chi connectivity index (χ1) is 9.85. The monoisotopic (exact) mass is 318 g/mol. The zero-order valence-electron chi connectivity index (χ0n) is 13.5. The van der Waals surface area contributed by atoms with Crippen molar-refractivity contribution in [1.29, 1.82) is 0 Å². The molecule has 1 saturated heterocycles. The van der Waals surface area contributed by atoms with Gasteiger partial charge in [-0.05, 0) is 39.5 Å². The Morgan fingerprint density at radius 2 is 1.71 bits per heavy atom. The quantitative estimate of drug-likeness (QED) is 0.862. The third kappa shape index (κ3) is 3.60. The van der Waals surface area contributed by atoms with Crippen LogP contribution < -0.4 is 0 Å². The predicted octanol–water partition coefficient (Wildman–Crippen LogP) is 1.98. The first kappa shape index (κ1) is 17.2. The smallest absolute Gasteiger partial charge is 0.282 e. The third-order valence-corrected chi connectivity index (χ3v) is 7.36. The summed E-state index contributed by atoms with van der Waals surface area (Å²) in [7, 11) is -1.77. The molecule has 1 heterocycles. The van der Waals surface area contributed by atoms with Crippen LogP contribution in [0.4, 0.5) is 0 Å². The van der Waals surface area contributed by atoms with Gasteiger partial charge < -0.3 is 5.11 Å². The summed E-state index contributed by atoms with van der Waals surface area (Å²) < 4.78 is 28.8. The van der Waals surface area contributed by atoms with Crippen molar-refractivity contribution in [3.05, 3.63) is 0 Å². The predicted molar refractivity (Wildman–Crippen MR) is 84.1 cm³/mol. The van der Waals surface area contributed by atoms with Crippen molar-refractivity contribution in [2.75, 3.05) is 13.6 Å². The molecule has 0 bridgehead atoms. The van der Waals surface area contributed by atoms with E-state index in [-0.39, 0.29) is 24.1 Å². The zero-order valence-corrected chi connectivity index (χ0v) is 14.3. The number of rotatable bonds is 4. The van der Waals surface area contributed by atoms with Gasteiger partial charge in [-0.1, -0.05) is 19.3 Å². The van der Waals surface area contributed by atoms with Crippen LogP contribution in [0.15, 0.2) is 0 Å². The summed E-state index contributed by atoms with van der Waals surface area (Å²) in [6.07, 6.45) is 6.44. The van der Waals surface area contributed by atoms with E-state index in [9.17, 15) is 13.5 Å². The fourth-order valence-corrected chi connectivity index (χ4v) is 5.49. The second-order valence-electron chi connectivity index (χ2n) is 6.81. The van der Waals surface area contributed by atoms with Crippen molar-refractivity contribution in [1.82, 2.24) is 8.61 Å². The summed E-state index contributed by atoms with van der Waals surface area (Å²) in [6.45, 7) is 4.38. The van der Waals surface area contributed by atoms with Crippen molar-refractivity contribution < 1.29 is 13.5 Å².